The average molecular weight is 486 g/mol. The number of pyridine rings is 1. The van der Waals surface area contributed by atoms with Crippen LogP contribution < -0.4 is 15.5 Å². The van der Waals surface area contributed by atoms with E-state index in [0.29, 0.717) is 40.2 Å². The minimum Gasteiger partial charge on any atom is -0.380 e. The highest BCUT2D eigenvalue weighted by atomic mass is 35.5. The number of rotatable bonds is 8. The number of likely N-dealkylation sites (N-methyl/N-ethyl adjacent to an activating group) is 2. The van der Waals surface area contributed by atoms with Crippen molar-refractivity contribution in [2.45, 2.75) is 6.54 Å². The minimum absolute atomic E-state index is 0.0110. The zero-order valence-corrected chi connectivity index (χ0v) is 20.1. The van der Waals surface area contributed by atoms with Crippen molar-refractivity contribution in [3.05, 3.63) is 82.0 Å². The molecule has 0 aliphatic carbocycles. The third-order valence-corrected chi connectivity index (χ3v) is 5.29. The number of nitrogens with one attached hydrogen (secondary N) is 2. The molecule has 0 atom stereocenters. The smallest absolute Gasteiger partial charge is 0.258 e. The number of hydrogen-bond donors (Lipinski definition) is 2. The summed E-state index contributed by atoms with van der Waals surface area (Å²) in [5, 5.41) is 6.93. The molecule has 1 heterocycles. The van der Waals surface area contributed by atoms with E-state index in [4.69, 9.17) is 23.2 Å². The zero-order chi connectivity index (χ0) is 24.0. The molecule has 0 bridgehead atoms. The molecule has 7 nitrogen and oxygen atoms in total. The molecule has 0 radical (unpaired) electrons. The van der Waals surface area contributed by atoms with Crippen molar-refractivity contribution in [2.24, 2.45) is 0 Å². The standard InChI is InChI=1S/C24H25Cl2N5O2/c1-30(2)15-23(32)31(3)19-7-4-16(5-8-19)14-28-21-9-6-17(25)12-20(21)24(33)29-22-13-18(26)10-11-27-22/h4-13,28H,14-15H2,1-3H3,(H,27,29,33). The highest BCUT2D eigenvalue weighted by Gasteiger charge is 2.14. The molecule has 0 aliphatic heterocycles. The normalized spacial score (nSPS) is 10.7. The molecule has 172 valence electrons. The first-order chi connectivity index (χ1) is 15.7. The van der Waals surface area contributed by atoms with Crippen LogP contribution in [-0.4, -0.2) is 49.4 Å². The van der Waals surface area contributed by atoms with Crippen LogP contribution >= 0.6 is 23.2 Å². The van der Waals surface area contributed by atoms with Gasteiger partial charge in [-0.25, -0.2) is 4.98 Å². The molecule has 9 heteroatoms. The Morgan fingerprint density at radius 3 is 2.30 bits per heavy atom. The molecule has 0 fully saturated rings. The summed E-state index contributed by atoms with van der Waals surface area (Å²) in [7, 11) is 5.47. The maximum absolute atomic E-state index is 12.8. The summed E-state index contributed by atoms with van der Waals surface area (Å²) >= 11 is 12.1. The van der Waals surface area contributed by atoms with Gasteiger partial charge in [0.05, 0.1) is 12.1 Å². The van der Waals surface area contributed by atoms with Crippen LogP contribution in [0.5, 0.6) is 0 Å². The summed E-state index contributed by atoms with van der Waals surface area (Å²) in [6.45, 7) is 0.818. The first-order valence-corrected chi connectivity index (χ1v) is 10.9. The Bertz CT molecular complexity index is 1140. The molecule has 0 saturated carbocycles. The Kier molecular flexibility index (Phi) is 8.27. The van der Waals surface area contributed by atoms with Crippen LogP contribution in [0.15, 0.2) is 60.8 Å². The van der Waals surface area contributed by atoms with Crippen LogP contribution in [0.3, 0.4) is 0 Å². The van der Waals surface area contributed by atoms with Gasteiger partial charge in [-0.2, -0.15) is 0 Å². The second kappa shape index (κ2) is 11.1. The average Bonchev–Trinajstić information content (AvgIpc) is 2.77. The number of carbonyl (C=O) groups excluding carboxylic acids is 2. The number of benzene rings is 2. The van der Waals surface area contributed by atoms with Gasteiger partial charge in [-0.15, -0.1) is 0 Å². The summed E-state index contributed by atoms with van der Waals surface area (Å²) in [4.78, 5) is 32.6. The summed E-state index contributed by atoms with van der Waals surface area (Å²) in [6.07, 6.45) is 1.52. The SMILES string of the molecule is CN(C)CC(=O)N(C)c1ccc(CNc2ccc(Cl)cc2C(=O)Nc2cc(Cl)ccn2)cc1. The van der Waals surface area contributed by atoms with E-state index in [0.717, 1.165) is 11.3 Å². The van der Waals surface area contributed by atoms with E-state index in [-0.39, 0.29) is 11.8 Å². The number of amides is 2. The van der Waals surface area contributed by atoms with Crippen LogP contribution in [-0.2, 0) is 11.3 Å². The number of halogens is 2. The Morgan fingerprint density at radius 2 is 1.64 bits per heavy atom. The number of nitrogens with zero attached hydrogens (tertiary/aromatic N) is 3. The van der Waals surface area contributed by atoms with E-state index in [1.54, 1.807) is 42.3 Å². The van der Waals surface area contributed by atoms with Crippen molar-refractivity contribution < 1.29 is 9.59 Å². The second-order valence-electron chi connectivity index (χ2n) is 7.71. The fraction of sp³-hybridized carbons (Fsp3) is 0.208. The van der Waals surface area contributed by atoms with Crippen molar-refractivity contribution in [3.8, 4) is 0 Å². The molecule has 0 spiro atoms. The van der Waals surface area contributed by atoms with E-state index in [2.05, 4.69) is 15.6 Å². The quantitative estimate of drug-likeness (QED) is 0.480. The van der Waals surface area contributed by atoms with Crippen LogP contribution in [0, 0.1) is 0 Å². The molecule has 3 rings (SSSR count). The van der Waals surface area contributed by atoms with E-state index < -0.39 is 0 Å². The topological polar surface area (TPSA) is 77.6 Å². The molecule has 33 heavy (non-hydrogen) atoms. The van der Waals surface area contributed by atoms with Gasteiger partial charge in [0.25, 0.3) is 5.91 Å². The molecule has 3 aromatic rings. The molecule has 0 unspecified atom stereocenters. The molecule has 0 aliphatic rings. The minimum atomic E-state index is -0.355. The third-order valence-electron chi connectivity index (χ3n) is 4.82. The fourth-order valence-electron chi connectivity index (χ4n) is 3.07. The lowest BCUT2D eigenvalue weighted by atomic mass is 10.1. The van der Waals surface area contributed by atoms with Crippen LogP contribution in [0.25, 0.3) is 0 Å². The maximum atomic E-state index is 12.8. The van der Waals surface area contributed by atoms with Crippen molar-refractivity contribution in [1.29, 1.82) is 0 Å². The summed E-state index contributed by atoms with van der Waals surface area (Å²) < 4.78 is 0. The highest BCUT2D eigenvalue weighted by molar-refractivity contribution is 6.31. The Balaban J connectivity index is 1.69. The molecule has 0 saturated heterocycles. The van der Waals surface area contributed by atoms with Gasteiger partial charge in [0, 0.05) is 41.2 Å². The van der Waals surface area contributed by atoms with Gasteiger partial charge in [-0.3, -0.25) is 9.59 Å². The predicted molar refractivity (Wildman–Crippen MR) is 134 cm³/mol. The Hall–Kier alpha value is -3.13. The monoisotopic (exact) mass is 485 g/mol. The third kappa shape index (κ3) is 6.92. The molecule has 1 aromatic heterocycles. The Labute approximate surface area is 203 Å². The van der Waals surface area contributed by atoms with Crippen molar-refractivity contribution in [3.63, 3.8) is 0 Å². The van der Waals surface area contributed by atoms with E-state index in [9.17, 15) is 9.59 Å². The van der Waals surface area contributed by atoms with Crippen molar-refractivity contribution in [2.75, 3.05) is 43.2 Å². The zero-order valence-electron chi connectivity index (χ0n) is 18.6. The lowest BCUT2D eigenvalue weighted by molar-refractivity contribution is -0.118. The van der Waals surface area contributed by atoms with Gasteiger partial charge in [-0.05, 0) is 62.1 Å². The molecule has 2 amide bonds. The number of anilines is 3. The van der Waals surface area contributed by atoms with Gasteiger partial charge in [-0.1, -0.05) is 35.3 Å². The maximum Gasteiger partial charge on any atom is 0.258 e. The molecular weight excluding hydrogens is 461 g/mol. The van der Waals surface area contributed by atoms with E-state index >= 15 is 0 Å². The largest absolute Gasteiger partial charge is 0.380 e. The van der Waals surface area contributed by atoms with Crippen LogP contribution in [0.2, 0.25) is 10.0 Å². The van der Waals surface area contributed by atoms with Gasteiger partial charge in [0.15, 0.2) is 0 Å². The fourth-order valence-corrected chi connectivity index (χ4v) is 3.40. The highest BCUT2D eigenvalue weighted by Crippen LogP contribution is 2.23. The lowest BCUT2D eigenvalue weighted by Gasteiger charge is -2.20. The van der Waals surface area contributed by atoms with Gasteiger partial charge >= 0.3 is 0 Å². The Morgan fingerprint density at radius 1 is 0.939 bits per heavy atom. The van der Waals surface area contributed by atoms with Crippen molar-refractivity contribution >= 4 is 52.2 Å². The summed E-state index contributed by atoms with van der Waals surface area (Å²) in [5.41, 5.74) is 2.81. The molecular formula is C24H25Cl2N5O2. The molecule has 2 N–H and O–H groups in total. The second-order valence-corrected chi connectivity index (χ2v) is 8.59. The van der Waals surface area contributed by atoms with Gasteiger partial charge in [0.1, 0.15) is 5.82 Å². The first kappa shape index (κ1) is 24.5. The van der Waals surface area contributed by atoms with Crippen LogP contribution in [0.4, 0.5) is 17.2 Å². The van der Waals surface area contributed by atoms with E-state index in [1.165, 1.54) is 6.20 Å². The predicted octanol–water partition coefficient (Wildman–Crippen LogP) is 4.78. The van der Waals surface area contributed by atoms with Crippen LogP contribution in [0.1, 0.15) is 15.9 Å². The first-order valence-electron chi connectivity index (χ1n) is 10.2. The number of carbonyl (C=O) groups is 2. The van der Waals surface area contributed by atoms with Crippen molar-refractivity contribution in [1.82, 2.24) is 9.88 Å². The lowest BCUT2D eigenvalue weighted by Crippen LogP contribution is -2.34. The summed E-state index contributed by atoms with van der Waals surface area (Å²) in [5.74, 6) is 0.00461. The summed E-state index contributed by atoms with van der Waals surface area (Å²) in [6, 6.07) is 15.9. The van der Waals surface area contributed by atoms with Gasteiger partial charge < -0.3 is 20.4 Å². The van der Waals surface area contributed by atoms with Gasteiger partial charge in [0.2, 0.25) is 5.91 Å². The van der Waals surface area contributed by atoms with E-state index in [1.807, 2.05) is 43.3 Å². The number of hydrogen-bond acceptors (Lipinski definition) is 5. The molecule has 2 aromatic carbocycles. The number of aromatic nitrogens is 1.